The van der Waals surface area contributed by atoms with Crippen LogP contribution < -0.4 is 4.74 Å². The Bertz CT molecular complexity index is 778. The van der Waals surface area contributed by atoms with Gasteiger partial charge in [-0.05, 0) is 24.1 Å². The molecule has 130 valence electrons. The van der Waals surface area contributed by atoms with Gasteiger partial charge in [0.05, 0.1) is 13.0 Å². The van der Waals surface area contributed by atoms with E-state index in [9.17, 15) is 9.59 Å². The van der Waals surface area contributed by atoms with Crippen LogP contribution in [-0.2, 0) is 31.1 Å². The molecule has 2 aromatic rings. The van der Waals surface area contributed by atoms with Gasteiger partial charge in [0.2, 0.25) is 0 Å². The molecular formula is C20H20O5. The monoisotopic (exact) mass is 340 g/mol. The van der Waals surface area contributed by atoms with Crippen molar-refractivity contribution in [1.29, 1.82) is 0 Å². The number of benzene rings is 2. The van der Waals surface area contributed by atoms with Gasteiger partial charge in [-0.25, -0.2) is 0 Å². The average Bonchev–Trinajstić information content (AvgIpc) is 3.34. The second-order valence-electron chi connectivity index (χ2n) is 6.20. The van der Waals surface area contributed by atoms with Gasteiger partial charge in [0.25, 0.3) is 0 Å². The fourth-order valence-electron chi connectivity index (χ4n) is 2.66. The smallest absolute Gasteiger partial charge is 0.310 e. The van der Waals surface area contributed by atoms with E-state index in [1.54, 1.807) is 6.07 Å². The number of hydrogen-bond acceptors (Lipinski definition) is 5. The highest BCUT2D eigenvalue weighted by atomic mass is 16.6. The maximum Gasteiger partial charge on any atom is 0.310 e. The van der Waals surface area contributed by atoms with Crippen molar-refractivity contribution in [3.05, 3.63) is 65.2 Å². The van der Waals surface area contributed by atoms with Crippen LogP contribution in [0.4, 0.5) is 0 Å². The molecule has 3 rings (SSSR count). The SMILES string of the molecule is CC(=O)Oc1cc(C)ccc1C1(COC(=O)Cc2ccccc2)CO1. The van der Waals surface area contributed by atoms with E-state index in [4.69, 9.17) is 14.2 Å². The number of ether oxygens (including phenoxy) is 3. The maximum atomic E-state index is 12.1. The molecule has 0 saturated carbocycles. The molecule has 1 aliphatic heterocycles. The van der Waals surface area contributed by atoms with Crippen molar-refractivity contribution >= 4 is 11.9 Å². The molecule has 1 unspecified atom stereocenters. The second-order valence-corrected chi connectivity index (χ2v) is 6.20. The maximum absolute atomic E-state index is 12.1. The molecule has 0 aliphatic carbocycles. The molecule has 0 aromatic heterocycles. The van der Waals surface area contributed by atoms with Crippen molar-refractivity contribution in [2.75, 3.05) is 13.2 Å². The summed E-state index contributed by atoms with van der Waals surface area (Å²) in [7, 11) is 0. The Kier molecular flexibility index (Phi) is 4.86. The molecule has 1 fully saturated rings. The number of esters is 2. The van der Waals surface area contributed by atoms with Gasteiger partial charge in [0, 0.05) is 12.5 Å². The molecule has 2 aromatic carbocycles. The van der Waals surface area contributed by atoms with Gasteiger partial charge in [0.15, 0.2) is 5.60 Å². The fraction of sp³-hybridized carbons (Fsp3) is 0.300. The lowest BCUT2D eigenvalue weighted by Crippen LogP contribution is -2.22. The van der Waals surface area contributed by atoms with E-state index in [0.29, 0.717) is 12.4 Å². The van der Waals surface area contributed by atoms with E-state index in [0.717, 1.165) is 16.7 Å². The second kappa shape index (κ2) is 7.07. The molecular weight excluding hydrogens is 320 g/mol. The summed E-state index contributed by atoms with van der Waals surface area (Å²) in [5, 5.41) is 0. The minimum absolute atomic E-state index is 0.0932. The number of rotatable bonds is 6. The van der Waals surface area contributed by atoms with E-state index in [-0.39, 0.29) is 19.0 Å². The van der Waals surface area contributed by atoms with E-state index in [1.165, 1.54) is 6.92 Å². The summed E-state index contributed by atoms with van der Waals surface area (Å²) in [6, 6.07) is 15.0. The Morgan fingerprint density at radius 3 is 2.52 bits per heavy atom. The van der Waals surface area contributed by atoms with Gasteiger partial charge in [-0.3, -0.25) is 9.59 Å². The lowest BCUT2D eigenvalue weighted by atomic mass is 9.98. The quantitative estimate of drug-likeness (QED) is 0.459. The lowest BCUT2D eigenvalue weighted by molar-refractivity contribution is -0.145. The molecule has 0 amide bonds. The van der Waals surface area contributed by atoms with Crippen LogP contribution in [0.5, 0.6) is 5.75 Å². The molecule has 0 N–H and O–H groups in total. The predicted molar refractivity (Wildman–Crippen MR) is 91.2 cm³/mol. The third-order valence-corrected chi connectivity index (χ3v) is 4.03. The summed E-state index contributed by atoms with van der Waals surface area (Å²) in [5.41, 5.74) is 1.86. The van der Waals surface area contributed by atoms with Crippen molar-refractivity contribution in [3.63, 3.8) is 0 Å². The minimum Gasteiger partial charge on any atom is -0.462 e. The highest BCUT2D eigenvalue weighted by Gasteiger charge is 2.50. The standard InChI is InChI=1S/C20H20O5/c1-14-8-9-17(18(10-14)25-15(2)21)20(13-24-20)12-23-19(22)11-16-6-4-3-5-7-16/h3-10H,11-13H2,1-2H3. The van der Waals surface area contributed by atoms with Crippen molar-refractivity contribution in [2.45, 2.75) is 25.9 Å². The summed E-state index contributed by atoms with van der Waals surface area (Å²) in [6.45, 7) is 3.78. The minimum atomic E-state index is -0.731. The van der Waals surface area contributed by atoms with Crippen molar-refractivity contribution in [3.8, 4) is 5.75 Å². The van der Waals surface area contributed by atoms with Crippen molar-refractivity contribution < 1.29 is 23.8 Å². The van der Waals surface area contributed by atoms with Crippen LogP contribution in [-0.4, -0.2) is 25.2 Å². The molecule has 0 bridgehead atoms. The third-order valence-electron chi connectivity index (χ3n) is 4.03. The number of carbonyl (C=O) groups excluding carboxylic acids is 2. The third kappa shape index (κ3) is 4.25. The highest BCUT2D eigenvalue weighted by Crippen LogP contribution is 2.44. The molecule has 0 radical (unpaired) electrons. The number of epoxide rings is 1. The first kappa shape index (κ1) is 17.2. The van der Waals surface area contributed by atoms with Gasteiger partial charge in [-0.1, -0.05) is 42.5 Å². The Morgan fingerprint density at radius 1 is 1.16 bits per heavy atom. The molecule has 1 saturated heterocycles. The lowest BCUT2D eigenvalue weighted by Gasteiger charge is -2.17. The van der Waals surface area contributed by atoms with Gasteiger partial charge in [-0.2, -0.15) is 0 Å². The zero-order chi connectivity index (χ0) is 17.9. The van der Waals surface area contributed by atoms with Gasteiger partial charge in [-0.15, -0.1) is 0 Å². The van der Waals surface area contributed by atoms with E-state index in [1.807, 2.05) is 49.4 Å². The van der Waals surface area contributed by atoms with Crippen LogP contribution in [0.1, 0.15) is 23.6 Å². The number of hydrogen-bond donors (Lipinski definition) is 0. The van der Waals surface area contributed by atoms with E-state index in [2.05, 4.69) is 0 Å². The normalized spacial score (nSPS) is 18.5. The van der Waals surface area contributed by atoms with Crippen LogP contribution >= 0.6 is 0 Å². The fourth-order valence-corrected chi connectivity index (χ4v) is 2.66. The summed E-state index contributed by atoms with van der Waals surface area (Å²) in [6.07, 6.45) is 0.210. The van der Waals surface area contributed by atoms with Crippen LogP contribution in [0.3, 0.4) is 0 Å². The Balaban J connectivity index is 1.68. The largest absolute Gasteiger partial charge is 0.462 e. The van der Waals surface area contributed by atoms with Gasteiger partial charge >= 0.3 is 11.9 Å². The predicted octanol–water partition coefficient (Wildman–Crippen LogP) is 2.93. The summed E-state index contributed by atoms with van der Waals surface area (Å²) in [5.74, 6) is -0.268. The summed E-state index contributed by atoms with van der Waals surface area (Å²) >= 11 is 0. The molecule has 1 heterocycles. The molecule has 5 heteroatoms. The first-order chi connectivity index (χ1) is 12.0. The topological polar surface area (TPSA) is 65.1 Å². The zero-order valence-corrected chi connectivity index (χ0v) is 14.3. The molecule has 0 spiro atoms. The summed E-state index contributed by atoms with van der Waals surface area (Å²) < 4.78 is 16.3. The first-order valence-electron chi connectivity index (χ1n) is 8.12. The number of carbonyl (C=O) groups is 2. The van der Waals surface area contributed by atoms with Crippen molar-refractivity contribution in [2.24, 2.45) is 0 Å². The number of aryl methyl sites for hydroxylation is 1. The molecule has 1 aliphatic rings. The van der Waals surface area contributed by atoms with Crippen LogP contribution in [0, 0.1) is 6.92 Å². The Morgan fingerprint density at radius 2 is 1.88 bits per heavy atom. The molecule has 5 nitrogen and oxygen atoms in total. The average molecular weight is 340 g/mol. The van der Waals surface area contributed by atoms with Crippen LogP contribution in [0.25, 0.3) is 0 Å². The van der Waals surface area contributed by atoms with Gasteiger partial charge in [0.1, 0.15) is 12.4 Å². The van der Waals surface area contributed by atoms with Crippen molar-refractivity contribution in [1.82, 2.24) is 0 Å². The van der Waals surface area contributed by atoms with E-state index >= 15 is 0 Å². The molecule has 1 atom stereocenters. The highest BCUT2D eigenvalue weighted by molar-refractivity contribution is 5.73. The Hall–Kier alpha value is -2.66. The first-order valence-corrected chi connectivity index (χ1v) is 8.12. The van der Waals surface area contributed by atoms with E-state index < -0.39 is 11.6 Å². The van der Waals surface area contributed by atoms with Crippen LogP contribution in [0.2, 0.25) is 0 Å². The summed E-state index contributed by atoms with van der Waals surface area (Å²) in [4.78, 5) is 23.4. The zero-order valence-electron chi connectivity index (χ0n) is 14.3. The van der Waals surface area contributed by atoms with Crippen LogP contribution in [0.15, 0.2) is 48.5 Å². The molecule has 25 heavy (non-hydrogen) atoms. The van der Waals surface area contributed by atoms with Gasteiger partial charge < -0.3 is 14.2 Å². The Labute approximate surface area is 146 Å².